The predicted molar refractivity (Wildman–Crippen MR) is 50.9 cm³/mol. The maximum absolute atomic E-state index is 5.30. The number of terminal acetylenes is 1. The molecule has 58 valence electrons. The van der Waals surface area contributed by atoms with Gasteiger partial charge in [0.25, 0.3) is 0 Å². The highest BCUT2D eigenvalue weighted by atomic mass is 14.9. The Labute approximate surface area is 71.6 Å². The Morgan fingerprint density at radius 2 is 2.17 bits per heavy atom. The highest BCUT2D eigenvalue weighted by molar-refractivity contribution is 5.81. The van der Waals surface area contributed by atoms with Crippen LogP contribution in [0.5, 0.6) is 0 Å². The monoisotopic (exact) mass is 155 g/mol. The molecule has 12 heavy (non-hydrogen) atoms. The van der Waals surface area contributed by atoms with Crippen LogP contribution in [0.3, 0.4) is 0 Å². The summed E-state index contributed by atoms with van der Waals surface area (Å²) in [4.78, 5) is 0. The van der Waals surface area contributed by atoms with Crippen LogP contribution >= 0.6 is 0 Å². The normalized spacial score (nSPS) is 10.0. The van der Waals surface area contributed by atoms with Gasteiger partial charge in [0.15, 0.2) is 0 Å². The van der Waals surface area contributed by atoms with Crippen LogP contribution in [0.25, 0.3) is 10.9 Å². The van der Waals surface area contributed by atoms with E-state index in [2.05, 4.69) is 16.6 Å². The number of rotatable bonds is 0. The number of hydrogen-bond acceptors (Lipinski definition) is 0. The molecule has 2 rings (SSSR count). The van der Waals surface area contributed by atoms with Crippen molar-refractivity contribution >= 4 is 10.9 Å². The lowest BCUT2D eigenvalue weighted by atomic mass is 10.2. The van der Waals surface area contributed by atoms with E-state index in [0.29, 0.717) is 0 Å². The van der Waals surface area contributed by atoms with Crippen molar-refractivity contribution in [1.82, 2.24) is 4.57 Å². The maximum atomic E-state index is 5.30. The number of nitrogens with zero attached hydrogens (tertiary/aromatic N) is 1. The van der Waals surface area contributed by atoms with Crippen LogP contribution in [0.15, 0.2) is 30.5 Å². The van der Waals surface area contributed by atoms with Gasteiger partial charge in [-0.2, -0.15) is 0 Å². The SMILES string of the molecule is C#Cc1ccc2ccn(C)c2c1. The zero-order chi connectivity index (χ0) is 8.55. The van der Waals surface area contributed by atoms with Crippen molar-refractivity contribution in [3.05, 3.63) is 36.0 Å². The summed E-state index contributed by atoms with van der Waals surface area (Å²) < 4.78 is 2.07. The molecule has 1 aromatic carbocycles. The van der Waals surface area contributed by atoms with Gasteiger partial charge in [-0.1, -0.05) is 12.0 Å². The fourth-order valence-electron chi connectivity index (χ4n) is 1.35. The first-order valence-corrected chi connectivity index (χ1v) is 3.83. The fraction of sp³-hybridized carbons (Fsp3) is 0.0909. The Bertz CT molecular complexity index is 457. The summed E-state index contributed by atoms with van der Waals surface area (Å²) in [6.45, 7) is 0. The third kappa shape index (κ3) is 0.895. The third-order valence-corrected chi connectivity index (χ3v) is 2.05. The largest absolute Gasteiger partial charge is 0.351 e. The molecule has 0 aliphatic rings. The highest BCUT2D eigenvalue weighted by Gasteiger charge is 1.96. The van der Waals surface area contributed by atoms with Gasteiger partial charge >= 0.3 is 0 Å². The van der Waals surface area contributed by atoms with Crippen LogP contribution in [0, 0.1) is 12.3 Å². The van der Waals surface area contributed by atoms with Gasteiger partial charge in [0.2, 0.25) is 0 Å². The second-order valence-corrected chi connectivity index (χ2v) is 2.84. The average Bonchev–Trinajstić information content (AvgIpc) is 2.47. The van der Waals surface area contributed by atoms with E-state index >= 15 is 0 Å². The highest BCUT2D eigenvalue weighted by Crippen LogP contribution is 2.15. The summed E-state index contributed by atoms with van der Waals surface area (Å²) in [5.41, 5.74) is 2.12. The fourth-order valence-corrected chi connectivity index (χ4v) is 1.35. The van der Waals surface area contributed by atoms with E-state index in [1.54, 1.807) is 0 Å². The molecule has 0 radical (unpaired) electrons. The lowest BCUT2D eigenvalue weighted by Gasteiger charge is -1.96. The Kier molecular flexibility index (Phi) is 1.41. The first-order valence-electron chi connectivity index (χ1n) is 3.83. The lowest BCUT2D eigenvalue weighted by Crippen LogP contribution is -1.83. The van der Waals surface area contributed by atoms with Crippen LogP contribution in [0.1, 0.15) is 5.56 Å². The van der Waals surface area contributed by atoms with Crippen molar-refractivity contribution in [3.8, 4) is 12.3 Å². The van der Waals surface area contributed by atoms with Gasteiger partial charge in [0, 0.05) is 24.3 Å². The molecule has 0 bridgehead atoms. The first-order chi connectivity index (χ1) is 5.81. The quantitative estimate of drug-likeness (QED) is 0.514. The second kappa shape index (κ2) is 2.42. The molecule has 0 aliphatic heterocycles. The molecule has 0 atom stereocenters. The van der Waals surface area contributed by atoms with E-state index in [4.69, 9.17) is 6.42 Å². The topological polar surface area (TPSA) is 4.93 Å². The minimum absolute atomic E-state index is 0.935. The molecule has 1 heteroatoms. The van der Waals surface area contributed by atoms with Crippen molar-refractivity contribution in [3.63, 3.8) is 0 Å². The molecule has 1 aromatic heterocycles. The van der Waals surface area contributed by atoms with Crippen LogP contribution in [0.4, 0.5) is 0 Å². The van der Waals surface area contributed by atoms with E-state index in [-0.39, 0.29) is 0 Å². The van der Waals surface area contributed by atoms with E-state index in [0.717, 1.165) is 5.56 Å². The minimum Gasteiger partial charge on any atom is -0.351 e. The zero-order valence-electron chi connectivity index (χ0n) is 6.91. The summed E-state index contributed by atoms with van der Waals surface area (Å²) in [7, 11) is 2.02. The van der Waals surface area contributed by atoms with Gasteiger partial charge in [-0.15, -0.1) is 6.42 Å². The maximum Gasteiger partial charge on any atom is 0.0490 e. The van der Waals surface area contributed by atoms with Crippen LogP contribution < -0.4 is 0 Å². The molecular formula is C11H9N. The number of benzene rings is 1. The number of aromatic nitrogens is 1. The number of hydrogen-bond donors (Lipinski definition) is 0. The van der Waals surface area contributed by atoms with Crippen molar-refractivity contribution < 1.29 is 0 Å². The smallest absolute Gasteiger partial charge is 0.0490 e. The number of aryl methyl sites for hydroxylation is 1. The first kappa shape index (κ1) is 7.00. The van der Waals surface area contributed by atoms with E-state index in [1.807, 2.05) is 31.4 Å². The minimum atomic E-state index is 0.935. The molecule has 0 saturated heterocycles. The van der Waals surface area contributed by atoms with Gasteiger partial charge in [0.05, 0.1) is 0 Å². The van der Waals surface area contributed by atoms with Gasteiger partial charge in [-0.05, 0) is 23.6 Å². The summed E-state index contributed by atoms with van der Waals surface area (Å²) in [5.74, 6) is 2.62. The molecule has 0 amide bonds. The second-order valence-electron chi connectivity index (χ2n) is 2.84. The summed E-state index contributed by atoms with van der Waals surface area (Å²) >= 11 is 0. The van der Waals surface area contributed by atoms with E-state index in [9.17, 15) is 0 Å². The van der Waals surface area contributed by atoms with Crippen molar-refractivity contribution in [2.24, 2.45) is 7.05 Å². The van der Waals surface area contributed by atoms with Gasteiger partial charge in [-0.3, -0.25) is 0 Å². The van der Waals surface area contributed by atoms with Crippen molar-refractivity contribution in [1.29, 1.82) is 0 Å². The molecular weight excluding hydrogens is 146 g/mol. The van der Waals surface area contributed by atoms with Gasteiger partial charge < -0.3 is 4.57 Å². The van der Waals surface area contributed by atoms with Gasteiger partial charge in [-0.25, -0.2) is 0 Å². The molecule has 0 aliphatic carbocycles. The number of fused-ring (bicyclic) bond motifs is 1. The molecule has 0 fully saturated rings. The lowest BCUT2D eigenvalue weighted by molar-refractivity contribution is 0.969. The van der Waals surface area contributed by atoms with Crippen LogP contribution in [-0.2, 0) is 7.05 Å². The average molecular weight is 155 g/mol. The van der Waals surface area contributed by atoms with Crippen LogP contribution in [-0.4, -0.2) is 4.57 Å². The summed E-state index contributed by atoms with van der Waals surface area (Å²) in [6, 6.07) is 8.11. The van der Waals surface area contributed by atoms with Crippen molar-refractivity contribution in [2.45, 2.75) is 0 Å². The Morgan fingerprint density at radius 3 is 2.92 bits per heavy atom. The molecule has 0 saturated carbocycles. The molecule has 0 spiro atoms. The predicted octanol–water partition coefficient (Wildman–Crippen LogP) is 2.16. The molecule has 0 N–H and O–H groups in total. The summed E-state index contributed by atoms with van der Waals surface area (Å²) in [5, 5.41) is 1.23. The third-order valence-electron chi connectivity index (χ3n) is 2.05. The Balaban J connectivity index is 2.82. The Hall–Kier alpha value is -1.68. The molecule has 1 heterocycles. The van der Waals surface area contributed by atoms with Crippen molar-refractivity contribution in [2.75, 3.05) is 0 Å². The summed E-state index contributed by atoms with van der Waals surface area (Å²) in [6.07, 6.45) is 7.33. The Morgan fingerprint density at radius 1 is 1.33 bits per heavy atom. The molecule has 0 unspecified atom stereocenters. The van der Waals surface area contributed by atoms with E-state index in [1.165, 1.54) is 10.9 Å². The molecule has 2 aromatic rings. The van der Waals surface area contributed by atoms with Gasteiger partial charge in [0.1, 0.15) is 0 Å². The van der Waals surface area contributed by atoms with E-state index < -0.39 is 0 Å². The zero-order valence-corrected chi connectivity index (χ0v) is 6.91. The van der Waals surface area contributed by atoms with Crippen LogP contribution in [0.2, 0.25) is 0 Å². The molecule has 1 nitrogen and oxygen atoms in total. The standard InChI is InChI=1S/C11H9N/c1-3-9-4-5-10-6-7-12(2)11(10)8-9/h1,4-8H,2H3.